The summed E-state index contributed by atoms with van der Waals surface area (Å²) in [5.41, 5.74) is 1.41. The summed E-state index contributed by atoms with van der Waals surface area (Å²) in [5, 5.41) is 3.47. The molecule has 0 spiro atoms. The Morgan fingerprint density at radius 3 is 2.29 bits per heavy atom. The number of nitrogens with one attached hydrogen (secondary N) is 1. The molecule has 3 nitrogen and oxygen atoms in total. The van der Waals surface area contributed by atoms with Crippen molar-refractivity contribution in [3.8, 4) is 5.75 Å². The molecule has 0 unspecified atom stereocenters. The fourth-order valence-electron chi connectivity index (χ4n) is 1.85. The zero-order valence-electron chi connectivity index (χ0n) is 14.1. The number of unbranched alkanes of at least 4 members (excludes halogenated alkanes) is 2. The number of ether oxygens (including phenoxy) is 2. The SMILES string of the molecule is CCCCCOCCOc1ccc(CNC(C)(C)C)cc1. The van der Waals surface area contributed by atoms with E-state index < -0.39 is 0 Å². The van der Waals surface area contributed by atoms with E-state index >= 15 is 0 Å². The lowest BCUT2D eigenvalue weighted by molar-refractivity contribution is 0.0973. The summed E-state index contributed by atoms with van der Waals surface area (Å²) in [7, 11) is 0. The first-order valence-corrected chi connectivity index (χ1v) is 8.06. The molecule has 3 heteroatoms. The summed E-state index contributed by atoms with van der Waals surface area (Å²) in [6.45, 7) is 11.7. The average molecular weight is 293 g/mol. The first kappa shape index (κ1) is 18.0. The van der Waals surface area contributed by atoms with Crippen LogP contribution in [0.1, 0.15) is 52.5 Å². The van der Waals surface area contributed by atoms with Crippen molar-refractivity contribution >= 4 is 0 Å². The lowest BCUT2D eigenvalue weighted by Crippen LogP contribution is -2.35. The highest BCUT2D eigenvalue weighted by Gasteiger charge is 2.08. The maximum atomic E-state index is 5.67. The van der Waals surface area contributed by atoms with Gasteiger partial charge in [0.2, 0.25) is 0 Å². The smallest absolute Gasteiger partial charge is 0.119 e. The van der Waals surface area contributed by atoms with Gasteiger partial charge in [-0.3, -0.25) is 0 Å². The first-order chi connectivity index (χ1) is 10.0. The highest BCUT2D eigenvalue weighted by molar-refractivity contribution is 5.27. The third-order valence-electron chi connectivity index (χ3n) is 3.13. The Morgan fingerprint density at radius 2 is 1.67 bits per heavy atom. The third-order valence-corrected chi connectivity index (χ3v) is 3.13. The summed E-state index contributed by atoms with van der Waals surface area (Å²) in [6.07, 6.45) is 3.62. The molecular weight excluding hydrogens is 262 g/mol. The predicted molar refractivity (Wildman–Crippen MR) is 88.9 cm³/mol. The topological polar surface area (TPSA) is 30.5 Å². The van der Waals surface area contributed by atoms with Crippen molar-refractivity contribution in [2.75, 3.05) is 19.8 Å². The summed E-state index contributed by atoms with van der Waals surface area (Å²) in [6, 6.07) is 8.26. The van der Waals surface area contributed by atoms with Crippen molar-refractivity contribution in [1.82, 2.24) is 5.32 Å². The van der Waals surface area contributed by atoms with Gasteiger partial charge in [0.05, 0.1) is 6.61 Å². The summed E-state index contributed by atoms with van der Waals surface area (Å²) in [4.78, 5) is 0. The lowest BCUT2D eigenvalue weighted by atomic mass is 10.1. The Kier molecular flexibility index (Phi) is 8.40. The number of rotatable bonds is 10. The van der Waals surface area contributed by atoms with Crippen molar-refractivity contribution in [2.45, 2.75) is 59.0 Å². The molecular formula is C18H31NO2. The normalized spacial score (nSPS) is 11.6. The molecule has 0 atom stereocenters. The van der Waals surface area contributed by atoms with E-state index in [1.54, 1.807) is 0 Å². The van der Waals surface area contributed by atoms with E-state index in [4.69, 9.17) is 9.47 Å². The number of hydrogen-bond donors (Lipinski definition) is 1. The molecule has 1 aromatic carbocycles. The van der Waals surface area contributed by atoms with E-state index in [0.29, 0.717) is 13.2 Å². The van der Waals surface area contributed by atoms with Crippen LogP contribution in [-0.2, 0) is 11.3 Å². The van der Waals surface area contributed by atoms with Gasteiger partial charge in [-0.25, -0.2) is 0 Å². The molecule has 120 valence electrons. The summed E-state index contributed by atoms with van der Waals surface area (Å²) >= 11 is 0. The van der Waals surface area contributed by atoms with Gasteiger partial charge >= 0.3 is 0 Å². The second-order valence-electron chi connectivity index (χ2n) is 6.42. The minimum absolute atomic E-state index is 0.143. The minimum Gasteiger partial charge on any atom is -0.491 e. The highest BCUT2D eigenvalue weighted by atomic mass is 16.5. The van der Waals surface area contributed by atoms with Gasteiger partial charge in [-0.2, -0.15) is 0 Å². The highest BCUT2D eigenvalue weighted by Crippen LogP contribution is 2.13. The molecule has 0 aliphatic carbocycles. The van der Waals surface area contributed by atoms with Gasteiger partial charge < -0.3 is 14.8 Å². The summed E-state index contributed by atoms with van der Waals surface area (Å²) in [5.74, 6) is 0.909. The zero-order chi connectivity index (χ0) is 15.6. The molecule has 1 aromatic rings. The number of benzene rings is 1. The van der Waals surface area contributed by atoms with Crippen molar-refractivity contribution in [3.63, 3.8) is 0 Å². The van der Waals surface area contributed by atoms with Crippen LogP contribution in [0, 0.1) is 0 Å². The van der Waals surface area contributed by atoms with E-state index in [2.05, 4.69) is 45.1 Å². The molecule has 0 aliphatic rings. The molecule has 0 amide bonds. The van der Waals surface area contributed by atoms with E-state index in [1.165, 1.54) is 18.4 Å². The standard InChI is InChI=1S/C18H31NO2/c1-5-6-7-12-20-13-14-21-17-10-8-16(9-11-17)15-19-18(2,3)4/h8-11,19H,5-7,12-15H2,1-4H3. The van der Waals surface area contributed by atoms with Gasteiger partial charge in [-0.15, -0.1) is 0 Å². The van der Waals surface area contributed by atoms with Crippen LogP contribution < -0.4 is 10.1 Å². The van der Waals surface area contributed by atoms with Gasteiger partial charge in [0.15, 0.2) is 0 Å². The minimum atomic E-state index is 0.143. The van der Waals surface area contributed by atoms with Gasteiger partial charge in [0.25, 0.3) is 0 Å². The van der Waals surface area contributed by atoms with Crippen LogP contribution in [0.3, 0.4) is 0 Å². The molecule has 0 aromatic heterocycles. The lowest BCUT2D eigenvalue weighted by Gasteiger charge is -2.20. The molecule has 0 aliphatic heterocycles. The van der Waals surface area contributed by atoms with Crippen molar-refractivity contribution in [3.05, 3.63) is 29.8 Å². The van der Waals surface area contributed by atoms with Crippen LogP contribution in [0.15, 0.2) is 24.3 Å². The fraction of sp³-hybridized carbons (Fsp3) is 0.667. The van der Waals surface area contributed by atoms with Crippen molar-refractivity contribution in [1.29, 1.82) is 0 Å². The second kappa shape index (κ2) is 9.80. The number of hydrogen-bond acceptors (Lipinski definition) is 3. The van der Waals surface area contributed by atoms with E-state index in [1.807, 2.05) is 12.1 Å². The molecule has 0 fully saturated rings. The van der Waals surface area contributed by atoms with Gasteiger partial charge in [-0.05, 0) is 44.9 Å². The zero-order valence-corrected chi connectivity index (χ0v) is 14.1. The van der Waals surface area contributed by atoms with Gasteiger partial charge in [0.1, 0.15) is 12.4 Å². The Bertz CT molecular complexity index is 368. The van der Waals surface area contributed by atoms with E-state index in [-0.39, 0.29) is 5.54 Å². The summed E-state index contributed by atoms with van der Waals surface area (Å²) < 4.78 is 11.2. The average Bonchev–Trinajstić information content (AvgIpc) is 2.44. The van der Waals surface area contributed by atoms with Crippen LogP contribution in [0.4, 0.5) is 0 Å². The van der Waals surface area contributed by atoms with Crippen LogP contribution in [0.25, 0.3) is 0 Å². The first-order valence-electron chi connectivity index (χ1n) is 8.06. The molecule has 0 bridgehead atoms. The van der Waals surface area contributed by atoms with Crippen LogP contribution in [0.5, 0.6) is 5.75 Å². The van der Waals surface area contributed by atoms with E-state index in [0.717, 1.165) is 25.3 Å². The van der Waals surface area contributed by atoms with Crippen molar-refractivity contribution in [2.24, 2.45) is 0 Å². The maximum absolute atomic E-state index is 5.67. The van der Waals surface area contributed by atoms with Crippen molar-refractivity contribution < 1.29 is 9.47 Å². The Hall–Kier alpha value is -1.06. The molecule has 1 rings (SSSR count). The van der Waals surface area contributed by atoms with Crippen LogP contribution in [-0.4, -0.2) is 25.4 Å². The molecule has 21 heavy (non-hydrogen) atoms. The fourth-order valence-corrected chi connectivity index (χ4v) is 1.85. The molecule has 1 N–H and O–H groups in total. The molecule has 0 radical (unpaired) electrons. The van der Waals surface area contributed by atoms with Crippen LogP contribution in [0.2, 0.25) is 0 Å². The van der Waals surface area contributed by atoms with Gasteiger partial charge in [-0.1, -0.05) is 31.9 Å². The molecule has 0 saturated carbocycles. The molecule has 0 saturated heterocycles. The quantitative estimate of drug-likeness (QED) is 0.657. The predicted octanol–water partition coefficient (Wildman–Crippen LogP) is 4.16. The van der Waals surface area contributed by atoms with E-state index in [9.17, 15) is 0 Å². The Balaban J connectivity index is 2.16. The maximum Gasteiger partial charge on any atom is 0.119 e. The monoisotopic (exact) mass is 293 g/mol. The Labute approximate surface area is 130 Å². The Morgan fingerprint density at radius 1 is 0.952 bits per heavy atom. The largest absolute Gasteiger partial charge is 0.491 e. The second-order valence-corrected chi connectivity index (χ2v) is 6.42. The molecule has 0 heterocycles. The van der Waals surface area contributed by atoms with Gasteiger partial charge in [0, 0.05) is 18.7 Å². The third kappa shape index (κ3) is 9.48. The van der Waals surface area contributed by atoms with Crippen LogP contribution >= 0.6 is 0 Å².